The first-order valence-corrected chi connectivity index (χ1v) is 6.45. The van der Waals surface area contributed by atoms with Crippen molar-refractivity contribution in [2.45, 2.75) is 25.0 Å². The molecule has 1 saturated carbocycles. The van der Waals surface area contributed by atoms with Crippen LogP contribution in [0.4, 0.5) is 0 Å². The molecule has 0 aromatic rings. The van der Waals surface area contributed by atoms with E-state index in [4.69, 9.17) is 4.74 Å². The van der Waals surface area contributed by atoms with Crippen molar-refractivity contribution in [2.75, 3.05) is 46.9 Å². The molecule has 1 heterocycles. The Hall–Kier alpha value is -0.650. The first kappa shape index (κ1) is 12.8. The van der Waals surface area contributed by atoms with Crippen LogP contribution in [0.5, 0.6) is 0 Å². The molecule has 0 radical (unpaired) electrons. The Bertz CT molecular complexity index is 266. The molecule has 2 fully saturated rings. The Balaban J connectivity index is 1.75. The highest BCUT2D eigenvalue weighted by molar-refractivity contribution is 5.78. The Morgan fingerprint density at radius 2 is 2.29 bits per heavy atom. The van der Waals surface area contributed by atoms with Crippen LogP contribution >= 0.6 is 0 Å². The first-order valence-electron chi connectivity index (χ1n) is 6.45. The third-order valence-electron chi connectivity index (χ3n) is 3.50. The SMILES string of the molecule is CNCC1CN(CC(=O)N(C)C2CC2)CCO1. The highest BCUT2D eigenvalue weighted by Crippen LogP contribution is 2.25. The largest absolute Gasteiger partial charge is 0.374 e. The van der Waals surface area contributed by atoms with Crippen LogP contribution in [-0.2, 0) is 9.53 Å². The van der Waals surface area contributed by atoms with E-state index in [1.165, 1.54) is 12.8 Å². The summed E-state index contributed by atoms with van der Waals surface area (Å²) in [4.78, 5) is 16.1. The number of hydrogen-bond donors (Lipinski definition) is 1. The van der Waals surface area contributed by atoms with Crippen molar-refractivity contribution in [1.82, 2.24) is 15.1 Å². The van der Waals surface area contributed by atoms with Crippen LogP contribution in [0.3, 0.4) is 0 Å². The Morgan fingerprint density at radius 3 is 2.94 bits per heavy atom. The van der Waals surface area contributed by atoms with Crippen molar-refractivity contribution < 1.29 is 9.53 Å². The molecule has 0 aromatic carbocycles. The monoisotopic (exact) mass is 241 g/mol. The minimum absolute atomic E-state index is 0.216. The number of carbonyl (C=O) groups is 1. The number of nitrogens with zero attached hydrogens (tertiary/aromatic N) is 2. The molecule has 2 aliphatic rings. The first-order chi connectivity index (χ1) is 8.20. The molecule has 5 nitrogen and oxygen atoms in total. The average molecular weight is 241 g/mol. The van der Waals surface area contributed by atoms with E-state index in [1.54, 1.807) is 0 Å². The normalized spacial score (nSPS) is 25.9. The van der Waals surface area contributed by atoms with Gasteiger partial charge in [-0.25, -0.2) is 0 Å². The molecule has 5 heteroatoms. The predicted octanol–water partition coefficient (Wildman–Crippen LogP) is -0.473. The molecular formula is C12H23N3O2. The van der Waals surface area contributed by atoms with E-state index in [0.717, 1.165) is 26.2 Å². The summed E-state index contributed by atoms with van der Waals surface area (Å²) in [5.41, 5.74) is 0. The van der Waals surface area contributed by atoms with Gasteiger partial charge in [0.15, 0.2) is 0 Å². The maximum absolute atomic E-state index is 12.0. The average Bonchev–Trinajstić information content (AvgIpc) is 3.13. The minimum Gasteiger partial charge on any atom is -0.374 e. The third-order valence-corrected chi connectivity index (χ3v) is 3.50. The van der Waals surface area contributed by atoms with Gasteiger partial charge in [-0.3, -0.25) is 9.69 Å². The highest BCUT2D eigenvalue weighted by atomic mass is 16.5. The van der Waals surface area contributed by atoms with Gasteiger partial charge in [0.2, 0.25) is 5.91 Å². The number of nitrogens with one attached hydrogen (secondary N) is 1. The zero-order valence-electron chi connectivity index (χ0n) is 10.8. The molecule has 98 valence electrons. The summed E-state index contributed by atoms with van der Waals surface area (Å²) in [6.45, 7) is 3.84. The summed E-state index contributed by atoms with van der Waals surface area (Å²) in [7, 11) is 3.85. The lowest BCUT2D eigenvalue weighted by atomic mass is 10.2. The number of hydrogen-bond acceptors (Lipinski definition) is 4. The standard InChI is InChI=1S/C12H23N3O2/c1-13-7-11-8-15(5-6-17-11)9-12(16)14(2)10-3-4-10/h10-11,13H,3-9H2,1-2H3. The summed E-state index contributed by atoms with van der Waals surface area (Å²) in [5.74, 6) is 0.248. The second-order valence-electron chi connectivity index (χ2n) is 5.02. The van der Waals surface area contributed by atoms with Gasteiger partial charge in [-0.05, 0) is 19.9 Å². The second-order valence-corrected chi connectivity index (χ2v) is 5.02. The lowest BCUT2D eigenvalue weighted by Gasteiger charge is -2.33. The molecular weight excluding hydrogens is 218 g/mol. The Morgan fingerprint density at radius 1 is 1.53 bits per heavy atom. The fourth-order valence-electron chi connectivity index (χ4n) is 2.24. The Labute approximate surface area is 103 Å². The smallest absolute Gasteiger partial charge is 0.236 e. The maximum Gasteiger partial charge on any atom is 0.236 e. The van der Waals surface area contributed by atoms with Crippen LogP contribution in [0, 0.1) is 0 Å². The molecule has 1 N–H and O–H groups in total. The molecule has 1 aliphatic heterocycles. The van der Waals surface area contributed by atoms with Gasteiger partial charge >= 0.3 is 0 Å². The summed E-state index contributed by atoms with van der Waals surface area (Å²) < 4.78 is 5.62. The third kappa shape index (κ3) is 3.66. The zero-order valence-corrected chi connectivity index (χ0v) is 10.8. The van der Waals surface area contributed by atoms with Crippen LogP contribution in [0.25, 0.3) is 0 Å². The van der Waals surface area contributed by atoms with Gasteiger partial charge in [-0.15, -0.1) is 0 Å². The van der Waals surface area contributed by atoms with Crippen LogP contribution in [0.1, 0.15) is 12.8 Å². The van der Waals surface area contributed by atoms with Crippen molar-refractivity contribution in [3.8, 4) is 0 Å². The van der Waals surface area contributed by atoms with Gasteiger partial charge in [0.05, 0.1) is 19.3 Å². The van der Waals surface area contributed by atoms with Gasteiger partial charge < -0.3 is 15.0 Å². The van der Waals surface area contributed by atoms with Crippen LogP contribution in [-0.4, -0.2) is 74.7 Å². The second kappa shape index (κ2) is 5.80. The van der Waals surface area contributed by atoms with E-state index in [0.29, 0.717) is 12.6 Å². The van der Waals surface area contributed by atoms with Crippen molar-refractivity contribution in [1.29, 1.82) is 0 Å². The van der Waals surface area contributed by atoms with E-state index in [-0.39, 0.29) is 12.0 Å². The molecule has 1 unspecified atom stereocenters. The maximum atomic E-state index is 12.0. The van der Waals surface area contributed by atoms with Gasteiger partial charge in [0, 0.05) is 32.7 Å². The van der Waals surface area contributed by atoms with Crippen LogP contribution in [0.2, 0.25) is 0 Å². The summed E-state index contributed by atoms with van der Waals surface area (Å²) in [5, 5.41) is 3.12. The number of morpholine rings is 1. The predicted molar refractivity (Wildman–Crippen MR) is 65.9 cm³/mol. The van der Waals surface area contributed by atoms with Crippen molar-refractivity contribution >= 4 is 5.91 Å². The van der Waals surface area contributed by atoms with Crippen LogP contribution in [0.15, 0.2) is 0 Å². The van der Waals surface area contributed by atoms with Gasteiger partial charge in [-0.1, -0.05) is 0 Å². The van der Waals surface area contributed by atoms with Crippen LogP contribution < -0.4 is 5.32 Å². The molecule has 17 heavy (non-hydrogen) atoms. The van der Waals surface area contributed by atoms with Crippen molar-refractivity contribution in [2.24, 2.45) is 0 Å². The quantitative estimate of drug-likeness (QED) is 0.706. The van der Waals surface area contributed by atoms with E-state index in [1.807, 2.05) is 19.0 Å². The lowest BCUT2D eigenvalue weighted by molar-refractivity contribution is -0.133. The van der Waals surface area contributed by atoms with Gasteiger partial charge in [0.1, 0.15) is 0 Å². The van der Waals surface area contributed by atoms with E-state index in [9.17, 15) is 4.79 Å². The molecule has 2 rings (SSSR count). The fraction of sp³-hybridized carbons (Fsp3) is 0.917. The summed E-state index contributed by atoms with van der Waals surface area (Å²) in [6.07, 6.45) is 2.56. The molecule has 1 atom stereocenters. The summed E-state index contributed by atoms with van der Waals surface area (Å²) in [6, 6.07) is 0.511. The number of likely N-dealkylation sites (N-methyl/N-ethyl adjacent to an activating group) is 2. The Kier molecular flexibility index (Phi) is 4.36. The summed E-state index contributed by atoms with van der Waals surface area (Å²) >= 11 is 0. The minimum atomic E-state index is 0.216. The van der Waals surface area contributed by atoms with Crippen molar-refractivity contribution in [3.63, 3.8) is 0 Å². The number of rotatable bonds is 5. The van der Waals surface area contributed by atoms with E-state index in [2.05, 4.69) is 10.2 Å². The van der Waals surface area contributed by atoms with E-state index >= 15 is 0 Å². The van der Waals surface area contributed by atoms with Gasteiger partial charge in [-0.2, -0.15) is 0 Å². The topological polar surface area (TPSA) is 44.8 Å². The number of amides is 1. The zero-order chi connectivity index (χ0) is 12.3. The number of carbonyl (C=O) groups excluding carboxylic acids is 1. The van der Waals surface area contributed by atoms with Gasteiger partial charge in [0.25, 0.3) is 0 Å². The molecule has 1 saturated heterocycles. The number of ether oxygens (including phenoxy) is 1. The lowest BCUT2D eigenvalue weighted by Crippen LogP contribution is -2.49. The van der Waals surface area contributed by atoms with E-state index < -0.39 is 0 Å². The fourth-order valence-corrected chi connectivity index (χ4v) is 2.24. The van der Waals surface area contributed by atoms with Crippen molar-refractivity contribution in [3.05, 3.63) is 0 Å². The molecule has 0 aromatic heterocycles. The highest BCUT2D eigenvalue weighted by Gasteiger charge is 2.31. The molecule has 1 amide bonds. The molecule has 1 aliphatic carbocycles. The molecule has 0 bridgehead atoms. The molecule has 0 spiro atoms.